The molecule has 2 amide bonds. The van der Waals surface area contributed by atoms with Crippen molar-refractivity contribution in [1.82, 2.24) is 14.7 Å². The number of anilines is 1. The minimum Gasteiger partial charge on any atom is -0.378 e. The smallest absolute Gasteiger partial charge is 0.253 e. The van der Waals surface area contributed by atoms with Gasteiger partial charge in [0.25, 0.3) is 11.8 Å². The normalized spacial score (nSPS) is 16.2. The molecular formula is C24H27N5O2. The van der Waals surface area contributed by atoms with Gasteiger partial charge in [-0.1, -0.05) is 18.2 Å². The van der Waals surface area contributed by atoms with Crippen LogP contribution in [0.15, 0.2) is 60.8 Å². The summed E-state index contributed by atoms with van der Waals surface area (Å²) in [5, 5.41) is 4.70. The van der Waals surface area contributed by atoms with E-state index in [1.165, 1.54) is 0 Å². The third-order valence-corrected chi connectivity index (χ3v) is 5.75. The van der Waals surface area contributed by atoms with Gasteiger partial charge in [-0.05, 0) is 49.2 Å². The average Bonchev–Trinajstić information content (AvgIpc) is 3.25. The number of amides is 2. The molecule has 1 aliphatic rings. The lowest BCUT2D eigenvalue weighted by Crippen LogP contribution is -2.39. The first kappa shape index (κ1) is 20.7. The van der Waals surface area contributed by atoms with E-state index in [2.05, 4.69) is 0 Å². The molecule has 0 spiro atoms. The Kier molecular flexibility index (Phi) is 5.75. The molecule has 1 fully saturated rings. The van der Waals surface area contributed by atoms with Gasteiger partial charge in [0.15, 0.2) is 0 Å². The number of hydrogen-bond donors (Lipinski definition) is 1. The molecule has 0 unspecified atom stereocenters. The number of rotatable bonds is 5. The van der Waals surface area contributed by atoms with Gasteiger partial charge in [0.2, 0.25) is 0 Å². The minimum atomic E-state index is -0.500. The summed E-state index contributed by atoms with van der Waals surface area (Å²) >= 11 is 0. The highest BCUT2D eigenvalue weighted by molar-refractivity contribution is 5.95. The number of hydrogen-bond acceptors (Lipinski definition) is 4. The van der Waals surface area contributed by atoms with Gasteiger partial charge in [0, 0.05) is 50.6 Å². The first-order chi connectivity index (χ1) is 14.9. The summed E-state index contributed by atoms with van der Waals surface area (Å²) in [7, 11) is 3.94. The van der Waals surface area contributed by atoms with Gasteiger partial charge in [0.05, 0.1) is 16.9 Å². The summed E-state index contributed by atoms with van der Waals surface area (Å²) in [6.07, 6.45) is 3.39. The molecule has 0 radical (unpaired) electrons. The van der Waals surface area contributed by atoms with Crippen LogP contribution in [-0.4, -0.2) is 53.7 Å². The fourth-order valence-electron chi connectivity index (χ4n) is 4.06. The summed E-state index contributed by atoms with van der Waals surface area (Å²) in [5.74, 6) is -0.538. The second-order valence-electron chi connectivity index (χ2n) is 8.10. The number of nitrogens with zero attached hydrogens (tertiary/aromatic N) is 4. The molecular weight excluding hydrogens is 390 g/mol. The van der Waals surface area contributed by atoms with E-state index < -0.39 is 5.91 Å². The van der Waals surface area contributed by atoms with Crippen LogP contribution in [0.5, 0.6) is 0 Å². The zero-order valence-electron chi connectivity index (χ0n) is 17.9. The Morgan fingerprint density at radius 2 is 1.77 bits per heavy atom. The third-order valence-electron chi connectivity index (χ3n) is 5.75. The van der Waals surface area contributed by atoms with E-state index in [4.69, 9.17) is 10.8 Å². The first-order valence-electron chi connectivity index (χ1n) is 10.5. The lowest BCUT2D eigenvalue weighted by Gasteiger charge is -2.32. The Hall–Kier alpha value is -3.61. The van der Waals surface area contributed by atoms with Crippen LogP contribution >= 0.6 is 0 Å². The Labute approximate surface area is 182 Å². The van der Waals surface area contributed by atoms with Crippen molar-refractivity contribution in [2.75, 3.05) is 32.1 Å². The average molecular weight is 418 g/mol. The van der Waals surface area contributed by atoms with Gasteiger partial charge in [-0.25, -0.2) is 4.68 Å². The number of carbonyl (C=O) groups is 2. The lowest BCUT2D eigenvalue weighted by atomic mass is 9.92. The van der Waals surface area contributed by atoms with Crippen LogP contribution in [0.1, 0.15) is 45.2 Å². The number of carbonyl (C=O) groups excluding carboxylic acids is 2. The van der Waals surface area contributed by atoms with Crippen molar-refractivity contribution in [3.05, 3.63) is 77.6 Å². The van der Waals surface area contributed by atoms with E-state index in [9.17, 15) is 9.59 Å². The van der Waals surface area contributed by atoms with E-state index >= 15 is 0 Å². The quantitative estimate of drug-likeness (QED) is 0.692. The largest absolute Gasteiger partial charge is 0.378 e. The molecule has 1 aromatic heterocycles. The summed E-state index contributed by atoms with van der Waals surface area (Å²) in [6, 6.07) is 17.2. The van der Waals surface area contributed by atoms with E-state index in [1.807, 2.05) is 78.5 Å². The Balaban J connectivity index is 1.57. The van der Waals surface area contributed by atoms with Gasteiger partial charge in [0.1, 0.15) is 0 Å². The Morgan fingerprint density at radius 1 is 1.06 bits per heavy atom. The van der Waals surface area contributed by atoms with Crippen molar-refractivity contribution in [3.8, 4) is 5.69 Å². The van der Waals surface area contributed by atoms with Gasteiger partial charge >= 0.3 is 0 Å². The number of primary amides is 1. The van der Waals surface area contributed by atoms with Crippen molar-refractivity contribution in [3.63, 3.8) is 0 Å². The molecule has 2 heterocycles. The van der Waals surface area contributed by atoms with Crippen LogP contribution in [0.25, 0.3) is 5.69 Å². The second kappa shape index (κ2) is 8.63. The van der Waals surface area contributed by atoms with Crippen molar-refractivity contribution >= 4 is 17.5 Å². The molecule has 1 saturated heterocycles. The van der Waals surface area contributed by atoms with E-state index in [1.54, 1.807) is 10.9 Å². The molecule has 2 N–H and O–H groups in total. The van der Waals surface area contributed by atoms with Gasteiger partial charge < -0.3 is 15.5 Å². The maximum absolute atomic E-state index is 13.1. The maximum atomic E-state index is 13.1. The van der Waals surface area contributed by atoms with Gasteiger partial charge in [-0.2, -0.15) is 5.10 Å². The highest BCUT2D eigenvalue weighted by Gasteiger charge is 2.30. The van der Waals surface area contributed by atoms with Crippen molar-refractivity contribution in [1.29, 1.82) is 0 Å². The number of piperidine rings is 1. The van der Waals surface area contributed by atoms with E-state index in [0.717, 1.165) is 24.2 Å². The minimum absolute atomic E-state index is 0.00174. The Bertz CT molecular complexity index is 1070. The highest BCUT2D eigenvalue weighted by atomic mass is 16.2. The molecule has 7 heteroatoms. The number of nitrogens with two attached hydrogens (primary N) is 1. The fourth-order valence-corrected chi connectivity index (χ4v) is 4.06. The molecule has 2 aromatic carbocycles. The van der Waals surface area contributed by atoms with Gasteiger partial charge in [-0.15, -0.1) is 0 Å². The molecule has 3 aromatic rings. The molecule has 0 saturated carbocycles. The standard InChI is InChI=1S/C24H27N5O2/c1-27(2)19-12-10-17(11-13-19)24(31)28-14-6-7-18(15-28)22-21(23(25)30)16-29(26-22)20-8-4-3-5-9-20/h3-5,8-13,16,18H,6-7,14-15H2,1-2H3,(H2,25,30)/t18-/m0/s1. The molecule has 0 bridgehead atoms. The van der Waals surface area contributed by atoms with E-state index in [-0.39, 0.29) is 11.8 Å². The third kappa shape index (κ3) is 4.30. The molecule has 0 aliphatic carbocycles. The second-order valence-corrected chi connectivity index (χ2v) is 8.10. The molecule has 1 aliphatic heterocycles. The molecule has 1 atom stereocenters. The SMILES string of the molecule is CN(C)c1ccc(C(=O)N2CCC[C@H](c3nn(-c4ccccc4)cc3C(N)=O)C2)cc1. The number of likely N-dealkylation sites (tertiary alicyclic amines) is 1. The van der Waals surface area contributed by atoms with Crippen molar-refractivity contribution in [2.45, 2.75) is 18.8 Å². The van der Waals surface area contributed by atoms with Crippen LogP contribution in [-0.2, 0) is 0 Å². The predicted molar refractivity (Wildman–Crippen MR) is 121 cm³/mol. The number of para-hydroxylation sites is 1. The summed E-state index contributed by atoms with van der Waals surface area (Å²) < 4.78 is 1.69. The van der Waals surface area contributed by atoms with Crippen LogP contribution in [0, 0.1) is 0 Å². The predicted octanol–water partition coefficient (Wildman–Crippen LogP) is 3.06. The summed E-state index contributed by atoms with van der Waals surface area (Å²) in [5.41, 5.74) is 9.31. The Morgan fingerprint density at radius 3 is 2.42 bits per heavy atom. The van der Waals surface area contributed by atoms with Crippen LogP contribution < -0.4 is 10.6 Å². The molecule has 7 nitrogen and oxygen atoms in total. The first-order valence-corrected chi connectivity index (χ1v) is 10.5. The maximum Gasteiger partial charge on any atom is 0.253 e. The zero-order chi connectivity index (χ0) is 22.0. The lowest BCUT2D eigenvalue weighted by molar-refractivity contribution is 0.0705. The molecule has 4 rings (SSSR count). The summed E-state index contributed by atoms with van der Waals surface area (Å²) in [4.78, 5) is 29.1. The van der Waals surface area contributed by atoms with Crippen LogP contribution in [0.3, 0.4) is 0 Å². The summed E-state index contributed by atoms with van der Waals surface area (Å²) in [6.45, 7) is 1.20. The molecule has 31 heavy (non-hydrogen) atoms. The fraction of sp³-hybridized carbons (Fsp3) is 0.292. The topological polar surface area (TPSA) is 84.5 Å². The van der Waals surface area contributed by atoms with E-state index in [0.29, 0.717) is 29.9 Å². The monoisotopic (exact) mass is 417 g/mol. The van der Waals surface area contributed by atoms with Crippen molar-refractivity contribution in [2.24, 2.45) is 5.73 Å². The number of benzene rings is 2. The number of aromatic nitrogens is 2. The van der Waals surface area contributed by atoms with Crippen LogP contribution in [0.4, 0.5) is 5.69 Å². The van der Waals surface area contributed by atoms with Gasteiger partial charge in [-0.3, -0.25) is 9.59 Å². The highest BCUT2D eigenvalue weighted by Crippen LogP contribution is 2.30. The zero-order valence-corrected chi connectivity index (χ0v) is 17.9. The van der Waals surface area contributed by atoms with Crippen molar-refractivity contribution < 1.29 is 9.59 Å². The van der Waals surface area contributed by atoms with Crippen LogP contribution in [0.2, 0.25) is 0 Å². The molecule has 160 valence electrons.